The Balaban J connectivity index is 1.72. The summed E-state index contributed by atoms with van der Waals surface area (Å²) in [6, 6.07) is 11.7. The molecule has 0 saturated carbocycles. The van der Waals surface area contributed by atoms with Crippen LogP contribution < -0.4 is 5.32 Å². The smallest absolute Gasteiger partial charge is 0.335 e. The monoisotopic (exact) mass is 295 g/mol. The number of fused-ring (bicyclic) bond motifs is 1. The summed E-state index contributed by atoms with van der Waals surface area (Å²) < 4.78 is 1.84. The standard InChI is InChI=1S/C16H13N3O3/c20-15(18-12-5-3-4-11(8-12)16(21)22)9-13-10-19-7-2-1-6-14(19)17-13/h1-8,10H,9H2,(H,18,20)(H,21,22). The average Bonchev–Trinajstić information content (AvgIpc) is 2.89. The van der Waals surface area contributed by atoms with E-state index in [1.165, 1.54) is 12.1 Å². The first-order valence-electron chi connectivity index (χ1n) is 6.67. The van der Waals surface area contributed by atoms with Gasteiger partial charge in [-0.05, 0) is 30.3 Å². The number of imidazole rings is 1. The molecule has 0 atom stereocenters. The highest BCUT2D eigenvalue weighted by Gasteiger charge is 2.09. The molecular weight excluding hydrogens is 282 g/mol. The SMILES string of the molecule is O=C(Cc1cn2ccccc2n1)Nc1cccc(C(=O)O)c1. The van der Waals surface area contributed by atoms with Crippen LogP contribution in [0.1, 0.15) is 16.1 Å². The van der Waals surface area contributed by atoms with Gasteiger partial charge in [0.1, 0.15) is 5.65 Å². The molecule has 0 radical (unpaired) electrons. The molecule has 2 aromatic heterocycles. The molecule has 2 N–H and O–H groups in total. The van der Waals surface area contributed by atoms with E-state index in [1.54, 1.807) is 18.3 Å². The number of nitrogens with one attached hydrogen (secondary N) is 1. The number of carboxylic acid groups (broad SMARTS) is 1. The molecule has 0 bridgehead atoms. The van der Waals surface area contributed by atoms with Gasteiger partial charge < -0.3 is 14.8 Å². The minimum Gasteiger partial charge on any atom is -0.478 e. The first kappa shape index (κ1) is 13.8. The van der Waals surface area contributed by atoms with Gasteiger partial charge in [0.25, 0.3) is 0 Å². The largest absolute Gasteiger partial charge is 0.478 e. The number of carbonyl (C=O) groups is 2. The Morgan fingerprint density at radius 2 is 2.05 bits per heavy atom. The summed E-state index contributed by atoms with van der Waals surface area (Å²) in [5.74, 6) is -1.28. The Hall–Kier alpha value is -3.15. The summed E-state index contributed by atoms with van der Waals surface area (Å²) >= 11 is 0. The molecule has 22 heavy (non-hydrogen) atoms. The molecule has 1 amide bonds. The van der Waals surface area contributed by atoms with E-state index in [9.17, 15) is 9.59 Å². The molecule has 3 rings (SSSR count). The fraction of sp³-hybridized carbons (Fsp3) is 0.0625. The third kappa shape index (κ3) is 2.95. The van der Waals surface area contributed by atoms with Crippen molar-refractivity contribution in [1.82, 2.24) is 9.38 Å². The summed E-state index contributed by atoms with van der Waals surface area (Å²) in [5, 5.41) is 11.6. The number of nitrogens with zero attached hydrogens (tertiary/aromatic N) is 2. The first-order valence-corrected chi connectivity index (χ1v) is 6.67. The third-order valence-electron chi connectivity index (χ3n) is 3.15. The van der Waals surface area contributed by atoms with Gasteiger partial charge >= 0.3 is 5.97 Å². The molecule has 2 heterocycles. The molecule has 1 aromatic carbocycles. The summed E-state index contributed by atoms with van der Waals surface area (Å²) in [5.41, 5.74) is 2.01. The zero-order chi connectivity index (χ0) is 15.5. The molecule has 0 unspecified atom stereocenters. The minimum atomic E-state index is -1.03. The van der Waals surface area contributed by atoms with Gasteiger partial charge in [-0.2, -0.15) is 0 Å². The van der Waals surface area contributed by atoms with E-state index in [2.05, 4.69) is 10.3 Å². The molecule has 0 aliphatic heterocycles. The van der Waals surface area contributed by atoms with E-state index >= 15 is 0 Å². The zero-order valence-electron chi connectivity index (χ0n) is 11.6. The number of pyridine rings is 1. The fourth-order valence-corrected chi connectivity index (χ4v) is 2.17. The van der Waals surface area contributed by atoms with Crippen molar-refractivity contribution >= 4 is 23.2 Å². The van der Waals surface area contributed by atoms with Crippen molar-refractivity contribution in [1.29, 1.82) is 0 Å². The van der Waals surface area contributed by atoms with E-state index in [0.29, 0.717) is 11.4 Å². The summed E-state index contributed by atoms with van der Waals surface area (Å²) in [7, 11) is 0. The third-order valence-corrected chi connectivity index (χ3v) is 3.15. The molecule has 6 nitrogen and oxygen atoms in total. The Kier molecular flexibility index (Phi) is 3.57. The molecule has 0 aliphatic rings. The predicted molar refractivity (Wildman–Crippen MR) is 80.9 cm³/mol. The number of carbonyl (C=O) groups excluding carboxylic acids is 1. The van der Waals surface area contributed by atoms with Crippen LogP contribution in [0, 0.1) is 0 Å². The molecule has 0 aliphatic carbocycles. The zero-order valence-corrected chi connectivity index (χ0v) is 11.6. The van der Waals surface area contributed by atoms with Gasteiger partial charge in [-0.1, -0.05) is 12.1 Å². The van der Waals surface area contributed by atoms with E-state index in [1.807, 2.05) is 28.8 Å². The number of hydrogen-bond acceptors (Lipinski definition) is 3. The number of aromatic carboxylic acids is 1. The number of anilines is 1. The van der Waals surface area contributed by atoms with Crippen LogP contribution in [0.4, 0.5) is 5.69 Å². The van der Waals surface area contributed by atoms with Gasteiger partial charge in [0.05, 0.1) is 17.7 Å². The van der Waals surface area contributed by atoms with Gasteiger partial charge in [-0.3, -0.25) is 4.79 Å². The maximum Gasteiger partial charge on any atom is 0.335 e. The second-order valence-electron chi connectivity index (χ2n) is 4.81. The van der Waals surface area contributed by atoms with Crippen molar-refractivity contribution in [3.63, 3.8) is 0 Å². The Bertz CT molecular complexity index is 821. The fourth-order valence-electron chi connectivity index (χ4n) is 2.17. The predicted octanol–water partition coefficient (Wildman–Crippen LogP) is 2.21. The lowest BCUT2D eigenvalue weighted by Gasteiger charge is -2.04. The van der Waals surface area contributed by atoms with E-state index in [0.717, 1.165) is 5.65 Å². The quantitative estimate of drug-likeness (QED) is 0.773. The van der Waals surface area contributed by atoms with Gasteiger partial charge in [0.15, 0.2) is 0 Å². The van der Waals surface area contributed by atoms with Crippen LogP contribution in [-0.4, -0.2) is 26.4 Å². The molecule has 3 aromatic rings. The van der Waals surface area contributed by atoms with Crippen molar-refractivity contribution in [2.75, 3.05) is 5.32 Å². The van der Waals surface area contributed by atoms with Crippen LogP contribution in [0.5, 0.6) is 0 Å². The van der Waals surface area contributed by atoms with Crippen LogP contribution in [0.3, 0.4) is 0 Å². The minimum absolute atomic E-state index is 0.124. The number of aromatic nitrogens is 2. The maximum atomic E-state index is 12.0. The van der Waals surface area contributed by atoms with E-state index < -0.39 is 5.97 Å². The number of benzene rings is 1. The van der Waals surface area contributed by atoms with Crippen LogP contribution >= 0.6 is 0 Å². The van der Waals surface area contributed by atoms with Crippen LogP contribution in [0.2, 0.25) is 0 Å². The Morgan fingerprint density at radius 3 is 2.82 bits per heavy atom. The lowest BCUT2D eigenvalue weighted by Crippen LogP contribution is -2.15. The van der Waals surface area contributed by atoms with Crippen molar-refractivity contribution < 1.29 is 14.7 Å². The summed E-state index contributed by atoms with van der Waals surface area (Å²) in [6.07, 6.45) is 3.78. The number of hydrogen-bond donors (Lipinski definition) is 2. The molecular formula is C16H13N3O3. The van der Waals surface area contributed by atoms with Crippen molar-refractivity contribution in [2.24, 2.45) is 0 Å². The number of rotatable bonds is 4. The molecule has 6 heteroatoms. The lowest BCUT2D eigenvalue weighted by atomic mass is 10.2. The number of amides is 1. The van der Waals surface area contributed by atoms with Gasteiger partial charge in [0.2, 0.25) is 5.91 Å². The van der Waals surface area contributed by atoms with Gasteiger partial charge in [-0.25, -0.2) is 9.78 Å². The summed E-state index contributed by atoms with van der Waals surface area (Å²) in [4.78, 5) is 27.3. The van der Waals surface area contributed by atoms with Gasteiger partial charge in [0, 0.05) is 18.1 Å². The Labute approximate surface area is 126 Å². The topological polar surface area (TPSA) is 83.7 Å². The number of carboxylic acids is 1. The van der Waals surface area contributed by atoms with Crippen LogP contribution in [0.15, 0.2) is 54.9 Å². The van der Waals surface area contributed by atoms with Crippen molar-refractivity contribution in [2.45, 2.75) is 6.42 Å². The Morgan fingerprint density at radius 1 is 1.18 bits per heavy atom. The van der Waals surface area contributed by atoms with Gasteiger partial charge in [-0.15, -0.1) is 0 Å². The molecule has 0 spiro atoms. The first-order chi connectivity index (χ1) is 10.6. The highest BCUT2D eigenvalue weighted by atomic mass is 16.4. The summed E-state index contributed by atoms with van der Waals surface area (Å²) in [6.45, 7) is 0. The maximum absolute atomic E-state index is 12.0. The van der Waals surface area contributed by atoms with E-state index in [-0.39, 0.29) is 17.9 Å². The normalized spacial score (nSPS) is 10.5. The molecule has 0 fully saturated rings. The van der Waals surface area contributed by atoms with Crippen molar-refractivity contribution in [3.8, 4) is 0 Å². The highest BCUT2D eigenvalue weighted by molar-refractivity contribution is 5.94. The molecule has 110 valence electrons. The lowest BCUT2D eigenvalue weighted by molar-refractivity contribution is -0.115. The molecule has 0 saturated heterocycles. The van der Waals surface area contributed by atoms with Crippen LogP contribution in [0.25, 0.3) is 5.65 Å². The van der Waals surface area contributed by atoms with E-state index in [4.69, 9.17) is 5.11 Å². The average molecular weight is 295 g/mol. The second-order valence-corrected chi connectivity index (χ2v) is 4.81. The van der Waals surface area contributed by atoms with Crippen molar-refractivity contribution in [3.05, 3.63) is 66.1 Å². The highest BCUT2D eigenvalue weighted by Crippen LogP contribution is 2.12. The second kappa shape index (κ2) is 5.69. The van der Waals surface area contributed by atoms with Crippen LogP contribution in [-0.2, 0) is 11.2 Å².